The Balaban J connectivity index is 1.51. The molecule has 8 nitrogen and oxygen atoms in total. The highest BCUT2D eigenvalue weighted by Gasteiger charge is 2.37. The normalized spacial score (nSPS) is 17.9. The number of thiocarbonyl (C=S) groups is 1. The first kappa shape index (κ1) is 27.7. The van der Waals surface area contributed by atoms with E-state index >= 15 is 0 Å². The van der Waals surface area contributed by atoms with Gasteiger partial charge in [-0.15, -0.1) is 0 Å². The first-order chi connectivity index (χ1) is 18.1. The van der Waals surface area contributed by atoms with E-state index in [-0.39, 0.29) is 29.5 Å². The Morgan fingerprint density at radius 3 is 2.53 bits per heavy atom. The molecule has 13 heteroatoms. The minimum absolute atomic E-state index is 0.00790. The molecule has 2 aliphatic heterocycles. The number of hydrogen-bond donors (Lipinski definition) is 0. The van der Waals surface area contributed by atoms with Gasteiger partial charge in [-0.1, -0.05) is 0 Å². The molecule has 1 amide bonds. The first-order valence-corrected chi connectivity index (χ1v) is 12.4. The molecule has 3 heterocycles. The SMILES string of the molecule is CN1CCN(CCOc2ccc(N3CCCC(=O)N(c4cnc(C#N)c(C(F)(F)F)c4)C3=S)cc2F)CC1. The van der Waals surface area contributed by atoms with Crippen LogP contribution in [0, 0.1) is 17.1 Å². The number of anilines is 2. The fourth-order valence-electron chi connectivity index (χ4n) is 4.33. The summed E-state index contributed by atoms with van der Waals surface area (Å²) in [5, 5.41) is 8.91. The van der Waals surface area contributed by atoms with Gasteiger partial charge < -0.3 is 14.5 Å². The smallest absolute Gasteiger partial charge is 0.419 e. The zero-order valence-corrected chi connectivity index (χ0v) is 21.5. The molecule has 0 N–H and O–H groups in total. The van der Waals surface area contributed by atoms with Crippen molar-refractivity contribution in [3.63, 3.8) is 0 Å². The van der Waals surface area contributed by atoms with E-state index in [0.717, 1.165) is 37.3 Å². The van der Waals surface area contributed by atoms with E-state index in [2.05, 4.69) is 21.8 Å². The Labute approximate surface area is 223 Å². The van der Waals surface area contributed by atoms with E-state index in [9.17, 15) is 22.4 Å². The number of carbonyl (C=O) groups is 1. The molecule has 1 aromatic heterocycles. The number of likely N-dealkylation sites (N-methyl/N-ethyl adjacent to an activating group) is 1. The van der Waals surface area contributed by atoms with Gasteiger partial charge in [-0.3, -0.25) is 14.6 Å². The molecule has 2 aliphatic rings. The van der Waals surface area contributed by atoms with Crippen molar-refractivity contribution in [3.8, 4) is 11.8 Å². The number of nitriles is 1. The van der Waals surface area contributed by atoms with Gasteiger partial charge in [-0.05, 0) is 43.9 Å². The van der Waals surface area contributed by atoms with Gasteiger partial charge in [0.25, 0.3) is 0 Å². The summed E-state index contributed by atoms with van der Waals surface area (Å²) in [4.78, 5) is 23.4. The number of nitrogens with zero attached hydrogens (tertiary/aromatic N) is 6. The predicted octanol–water partition coefficient (Wildman–Crippen LogP) is 3.66. The lowest BCUT2D eigenvalue weighted by atomic mass is 10.1. The predicted molar refractivity (Wildman–Crippen MR) is 136 cm³/mol. The summed E-state index contributed by atoms with van der Waals surface area (Å²) >= 11 is 5.50. The quantitative estimate of drug-likeness (QED) is 0.399. The Bertz CT molecular complexity index is 1240. The molecule has 0 unspecified atom stereocenters. The number of benzene rings is 1. The maximum Gasteiger partial charge on any atom is 0.419 e. The number of carbonyl (C=O) groups excluding carboxylic acids is 1. The van der Waals surface area contributed by atoms with Crippen LogP contribution in [0.5, 0.6) is 5.75 Å². The number of hydrogen-bond acceptors (Lipinski definition) is 7. The maximum absolute atomic E-state index is 15.0. The van der Waals surface area contributed by atoms with E-state index in [4.69, 9.17) is 22.2 Å². The van der Waals surface area contributed by atoms with E-state index in [0.29, 0.717) is 31.3 Å². The van der Waals surface area contributed by atoms with Crippen LogP contribution in [0.4, 0.5) is 28.9 Å². The lowest BCUT2D eigenvalue weighted by Crippen LogP contribution is -2.45. The summed E-state index contributed by atoms with van der Waals surface area (Å²) in [7, 11) is 2.07. The molecule has 0 radical (unpaired) electrons. The molecule has 0 atom stereocenters. The Hall–Kier alpha value is -3.34. The third-order valence-corrected chi connectivity index (χ3v) is 6.88. The van der Waals surface area contributed by atoms with Crippen molar-refractivity contribution in [2.45, 2.75) is 19.0 Å². The van der Waals surface area contributed by atoms with Gasteiger partial charge in [0.2, 0.25) is 5.91 Å². The molecule has 2 saturated heterocycles. The molecule has 38 heavy (non-hydrogen) atoms. The summed E-state index contributed by atoms with van der Waals surface area (Å²) in [6.45, 7) is 5.01. The highest BCUT2D eigenvalue weighted by molar-refractivity contribution is 7.81. The number of pyridine rings is 1. The van der Waals surface area contributed by atoms with Gasteiger partial charge in [-0.2, -0.15) is 18.4 Å². The summed E-state index contributed by atoms with van der Waals surface area (Å²) in [5.41, 5.74) is -1.97. The maximum atomic E-state index is 15.0. The summed E-state index contributed by atoms with van der Waals surface area (Å²) < 4.78 is 61.1. The van der Waals surface area contributed by atoms with Crippen LogP contribution in [0.3, 0.4) is 0 Å². The van der Waals surface area contributed by atoms with Crippen LogP contribution in [0.25, 0.3) is 0 Å². The topological polar surface area (TPSA) is 75.9 Å². The average Bonchev–Trinajstić information content (AvgIpc) is 3.02. The van der Waals surface area contributed by atoms with Crippen LogP contribution in [-0.2, 0) is 11.0 Å². The van der Waals surface area contributed by atoms with Crippen molar-refractivity contribution < 1.29 is 27.1 Å². The number of rotatable bonds is 6. The molecule has 2 fully saturated rings. The zero-order valence-electron chi connectivity index (χ0n) is 20.7. The number of halogens is 4. The molecule has 2 aromatic rings. The van der Waals surface area contributed by atoms with Gasteiger partial charge in [0, 0.05) is 57.4 Å². The van der Waals surface area contributed by atoms with Crippen LogP contribution >= 0.6 is 12.2 Å². The summed E-state index contributed by atoms with van der Waals surface area (Å²) in [6.07, 6.45) is -3.50. The fourth-order valence-corrected chi connectivity index (χ4v) is 4.73. The third kappa shape index (κ3) is 6.20. The minimum atomic E-state index is -4.85. The fraction of sp³-hybridized carbons (Fsp3) is 0.440. The van der Waals surface area contributed by atoms with Crippen LogP contribution in [0.1, 0.15) is 24.1 Å². The molecule has 1 aromatic carbocycles. The number of alkyl halides is 3. The molecule has 202 valence electrons. The molecule has 4 rings (SSSR count). The second-order valence-corrected chi connectivity index (χ2v) is 9.44. The standard InChI is InChI=1S/C25H26F4N6O2S/c1-32-7-9-33(10-8-32)11-12-37-22-5-4-17(14-20(22)26)34-6-2-3-23(36)35(24(34)38)18-13-19(25(27,28)29)21(15-30)31-16-18/h4-5,13-14,16H,2-3,6-12H2,1H3. The van der Waals surface area contributed by atoms with Crippen LogP contribution in [-0.4, -0.2) is 78.7 Å². The number of ether oxygens (including phenoxy) is 1. The van der Waals surface area contributed by atoms with Crippen molar-refractivity contribution in [3.05, 3.63) is 47.5 Å². The highest BCUT2D eigenvalue weighted by Crippen LogP contribution is 2.35. The second kappa shape index (κ2) is 11.6. The number of aromatic nitrogens is 1. The van der Waals surface area contributed by atoms with E-state index < -0.39 is 29.2 Å². The minimum Gasteiger partial charge on any atom is -0.489 e. The lowest BCUT2D eigenvalue weighted by Gasteiger charge is -2.32. The van der Waals surface area contributed by atoms with E-state index in [1.54, 1.807) is 6.07 Å². The van der Waals surface area contributed by atoms with Crippen molar-refractivity contribution in [2.24, 2.45) is 0 Å². The molecule has 0 spiro atoms. The Kier molecular flexibility index (Phi) is 8.44. The molecular weight excluding hydrogens is 524 g/mol. The summed E-state index contributed by atoms with van der Waals surface area (Å²) in [5.74, 6) is -1.07. The monoisotopic (exact) mass is 550 g/mol. The van der Waals surface area contributed by atoms with Gasteiger partial charge in [0.15, 0.2) is 22.4 Å². The van der Waals surface area contributed by atoms with Gasteiger partial charge in [0.05, 0.1) is 17.4 Å². The van der Waals surface area contributed by atoms with Crippen molar-refractivity contribution in [2.75, 3.05) is 62.7 Å². The first-order valence-electron chi connectivity index (χ1n) is 12.0. The van der Waals surface area contributed by atoms with E-state index in [1.807, 2.05) is 0 Å². The van der Waals surface area contributed by atoms with Gasteiger partial charge >= 0.3 is 6.18 Å². The molecular formula is C25H26F4N6O2S. The molecule has 0 saturated carbocycles. The zero-order chi connectivity index (χ0) is 27.4. The highest BCUT2D eigenvalue weighted by atomic mass is 32.1. The Morgan fingerprint density at radius 2 is 1.87 bits per heavy atom. The molecule has 0 bridgehead atoms. The lowest BCUT2D eigenvalue weighted by molar-refractivity contribution is -0.138. The van der Waals surface area contributed by atoms with Crippen LogP contribution in [0.2, 0.25) is 0 Å². The van der Waals surface area contributed by atoms with E-state index in [1.165, 1.54) is 23.1 Å². The van der Waals surface area contributed by atoms with Crippen molar-refractivity contribution in [1.29, 1.82) is 5.26 Å². The van der Waals surface area contributed by atoms with Crippen molar-refractivity contribution in [1.82, 2.24) is 14.8 Å². The average molecular weight is 551 g/mol. The summed E-state index contributed by atoms with van der Waals surface area (Å²) in [6, 6.07) is 6.38. The van der Waals surface area contributed by atoms with Gasteiger partial charge in [-0.25, -0.2) is 9.37 Å². The number of piperazine rings is 1. The second-order valence-electron chi connectivity index (χ2n) is 9.07. The largest absolute Gasteiger partial charge is 0.489 e. The molecule has 0 aliphatic carbocycles. The number of amides is 1. The third-order valence-electron chi connectivity index (χ3n) is 6.47. The van der Waals surface area contributed by atoms with Crippen LogP contribution in [0.15, 0.2) is 30.5 Å². The van der Waals surface area contributed by atoms with Crippen molar-refractivity contribution >= 4 is 34.6 Å². The Morgan fingerprint density at radius 1 is 1.13 bits per heavy atom. The van der Waals surface area contributed by atoms with Gasteiger partial charge in [0.1, 0.15) is 12.7 Å². The van der Waals surface area contributed by atoms with Crippen LogP contribution < -0.4 is 14.5 Å².